The summed E-state index contributed by atoms with van der Waals surface area (Å²) in [6.45, 7) is -0.0512. The predicted octanol–water partition coefficient (Wildman–Crippen LogP) is 2.86. The maximum absolute atomic E-state index is 12.7. The minimum Gasteiger partial charge on any atom is -0.326 e. The van der Waals surface area contributed by atoms with E-state index in [9.17, 15) is 22.0 Å². The molecule has 0 radical (unpaired) electrons. The van der Waals surface area contributed by atoms with Gasteiger partial charge in [-0.25, -0.2) is 0 Å². The lowest BCUT2D eigenvalue weighted by molar-refractivity contribution is -0.287. The van der Waals surface area contributed by atoms with Crippen LogP contribution in [0, 0.1) is 0 Å². The number of nitrogens with two attached hydrogens (primary N) is 1. The van der Waals surface area contributed by atoms with E-state index in [0.717, 1.165) is 6.07 Å². The maximum atomic E-state index is 12.7. The quantitative estimate of drug-likeness (QED) is 0.778. The molecule has 0 fully saturated rings. The fraction of sp³-hybridized carbons (Fsp3) is 0.429. The van der Waals surface area contributed by atoms with Crippen molar-refractivity contribution in [3.8, 4) is 0 Å². The highest BCUT2D eigenvalue weighted by atomic mass is 32.1. The molecule has 0 saturated heterocycles. The van der Waals surface area contributed by atoms with Gasteiger partial charge < -0.3 is 5.73 Å². The average molecular weight is 231 g/mol. The van der Waals surface area contributed by atoms with Crippen LogP contribution in [0.5, 0.6) is 0 Å². The molecule has 0 amide bonds. The van der Waals surface area contributed by atoms with Gasteiger partial charge in [-0.05, 0) is 17.0 Å². The molecule has 0 spiro atoms. The normalized spacial score (nSPS) is 13.3. The van der Waals surface area contributed by atoms with Crippen LogP contribution < -0.4 is 5.73 Å². The van der Waals surface area contributed by atoms with Gasteiger partial charge in [-0.15, -0.1) is 11.3 Å². The molecular formula is C7H6F5NS. The molecule has 0 saturated carbocycles. The second-order valence-electron chi connectivity index (χ2n) is 2.60. The summed E-state index contributed by atoms with van der Waals surface area (Å²) in [6, 6.07) is 0.776. The molecule has 1 heterocycles. The largest absolute Gasteiger partial charge is 0.458 e. The van der Waals surface area contributed by atoms with E-state index in [1.165, 1.54) is 5.38 Å². The first-order valence-electron chi connectivity index (χ1n) is 3.51. The zero-order chi connectivity index (χ0) is 11.0. The number of hydrogen-bond acceptors (Lipinski definition) is 2. The van der Waals surface area contributed by atoms with Crippen LogP contribution in [0.15, 0.2) is 11.4 Å². The van der Waals surface area contributed by atoms with Crippen molar-refractivity contribution < 1.29 is 22.0 Å². The van der Waals surface area contributed by atoms with Crippen LogP contribution >= 0.6 is 11.3 Å². The van der Waals surface area contributed by atoms with Crippen molar-refractivity contribution in [2.75, 3.05) is 0 Å². The average Bonchev–Trinajstić information content (AvgIpc) is 2.49. The fourth-order valence-electron chi connectivity index (χ4n) is 0.787. The first-order valence-corrected chi connectivity index (χ1v) is 4.39. The molecule has 1 aromatic rings. The molecule has 0 atom stereocenters. The summed E-state index contributed by atoms with van der Waals surface area (Å²) in [5.74, 6) is -4.79. The highest BCUT2D eigenvalue weighted by Gasteiger charge is 2.59. The molecule has 1 aromatic heterocycles. The number of thiophene rings is 1. The van der Waals surface area contributed by atoms with Crippen LogP contribution in [-0.2, 0) is 12.5 Å². The third-order valence-corrected chi connectivity index (χ3v) is 2.60. The molecule has 0 bridgehead atoms. The van der Waals surface area contributed by atoms with Crippen LogP contribution in [0.3, 0.4) is 0 Å². The first-order chi connectivity index (χ1) is 6.29. The second kappa shape index (κ2) is 3.47. The molecule has 0 unspecified atom stereocenters. The summed E-state index contributed by atoms with van der Waals surface area (Å²) in [6.07, 6.45) is -5.55. The number of alkyl halides is 5. The molecule has 7 heteroatoms. The van der Waals surface area contributed by atoms with Crippen molar-refractivity contribution in [3.05, 3.63) is 21.9 Å². The first kappa shape index (κ1) is 11.4. The van der Waals surface area contributed by atoms with Gasteiger partial charge in [0, 0.05) is 6.54 Å². The van der Waals surface area contributed by atoms with Crippen molar-refractivity contribution >= 4 is 11.3 Å². The zero-order valence-corrected chi connectivity index (χ0v) is 7.55. The summed E-state index contributed by atoms with van der Waals surface area (Å²) >= 11 is 0.358. The van der Waals surface area contributed by atoms with Crippen molar-refractivity contribution in [3.63, 3.8) is 0 Å². The van der Waals surface area contributed by atoms with Crippen molar-refractivity contribution in [1.82, 2.24) is 0 Å². The van der Waals surface area contributed by atoms with Crippen LogP contribution in [0.25, 0.3) is 0 Å². The lowest BCUT2D eigenvalue weighted by Gasteiger charge is -2.17. The number of halogens is 5. The predicted molar refractivity (Wildman–Crippen MR) is 42.2 cm³/mol. The van der Waals surface area contributed by atoms with E-state index in [0.29, 0.717) is 11.3 Å². The molecule has 1 rings (SSSR count). The zero-order valence-electron chi connectivity index (χ0n) is 6.74. The highest BCUT2D eigenvalue weighted by molar-refractivity contribution is 7.10. The number of rotatable bonds is 2. The lowest BCUT2D eigenvalue weighted by atomic mass is 10.2. The Morgan fingerprint density at radius 1 is 1.21 bits per heavy atom. The van der Waals surface area contributed by atoms with Crippen LogP contribution in [0.1, 0.15) is 10.4 Å². The van der Waals surface area contributed by atoms with Crippen LogP contribution in [0.4, 0.5) is 22.0 Å². The minimum atomic E-state index is -5.55. The van der Waals surface area contributed by atoms with Crippen molar-refractivity contribution in [2.24, 2.45) is 5.73 Å². The molecule has 0 aliphatic rings. The monoisotopic (exact) mass is 231 g/mol. The molecule has 2 N–H and O–H groups in total. The third-order valence-electron chi connectivity index (χ3n) is 1.55. The molecule has 14 heavy (non-hydrogen) atoms. The summed E-state index contributed by atoms with van der Waals surface area (Å²) in [7, 11) is 0. The van der Waals surface area contributed by atoms with Gasteiger partial charge in [-0.3, -0.25) is 0 Å². The Bertz CT molecular complexity index is 316. The molecule has 80 valence electrons. The van der Waals surface area contributed by atoms with Gasteiger partial charge in [-0.1, -0.05) is 0 Å². The molecule has 1 nitrogen and oxygen atoms in total. The van der Waals surface area contributed by atoms with Crippen LogP contribution in [0.2, 0.25) is 0 Å². The van der Waals surface area contributed by atoms with E-state index < -0.39 is 17.0 Å². The van der Waals surface area contributed by atoms with Gasteiger partial charge in [0.15, 0.2) is 0 Å². The minimum absolute atomic E-state index is 0.0512. The van der Waals surface area contributed by atoms with E-state index in [-0.39, 0.29) is 12.1 Å². The third kappa shape index (κ3) is 1.88. The summed E-state index contributed by atoms with van der Waals surface area (Å²) in [5, 5.41) is 1.19. The van der Waals surface area contributed by atoms with Gasteiger partial charge in [0.2, 0.25) is 0 Å². The van der Waals surface area contributed by atoms with Gasteiger partial charge in [0.05, 0.1) is 4.88 Å². The number of hydrogen-bond donors (Lipinski definition) is 1. The highest BCUT2D eigenvalue weighted by Crippen LogP contribution is 2.45. The fourth-order valence-corrected chi connectivity index (χ4v) is 1.71. The molecular weight excluding hydrogens is 225 g/mol. The van der Waals surface area contributed by atoms with Gasteiger partial charge in [-0.2, -0.15) is 22.0 Å². The van der Waals surface area contributed by atoms with E-state index in [2.05, 4.69) is 0 Å². The van der Waals surface area contributed by atoms with Gasteiger partial charge in [0.25, 0.3) is 0 Å². The summed E-state index contributed by atoms with van der Waals surface area (Å²) in [5.41, 5.74) is 5.37. The second-order valence-corrected chi connectivity index (χ2v) is 3.51. The maximum Gasteiger partial charge on any atom is 0.458 e. The Morgan fingerprint density at radius 2 is 1.79 bits per heavy atom. The van der Waals surface area contributed by atoms with Gasteiger partial charge >= 0.3 is 12.1 Å². The Hall–Kier alpha value is -0.690. The van der Waals surface area contributed by atoms with Crippen LogP contribution in [-0.4, -0.2) is 6.18 Å². The van der Waals surface area contributed by atoms with Gasteiger partial charge in [0.1, 0.15) is 0 Å². The van der Waals surface area contributed by atoms with E-state index in [1.807, 2.05) is 0 Å². The molecule has 0 aromatic carbocycles. The smallest absolute Gasteiger partial charge is 0.326 e. The van der Waals surface area contributed by atoms with E-state index in [1.54, 1.807) is 0 Å². The molecule has 0 aliphatic heterocycles. The lowest BCUT2D eigenvalue weighted by Crippen LogP contribution is -2.32. The Balaban J connectivity index is 3.04. The summed E-state index contributed by atoms with van der Waals surface area (Å²) in [4.78, 5) is -1.02. The van der Waals surface area contributed by atoms with Crippen molar-refractivity contribution in [1.29, 1.82) is 0 Å². The SMILES string of the molecule is NCc1csc(C(F)(F)C(F)(F)F)c1. The Morgan fingerprint density at radius 3 is 2.14 bits per heavy atom. The van der Waals surface area contributed by atoms with Crippen molar-refractivity contribution in [2.45, 2.75) is 18.6 Å². The van der Waals surface area contributed by atoms with E-state index in [4.69, 9.17) is 5.73 Å². The Labute approximate surface area is 80.3 Å². The standard InChI is InChI=1S/C7H6F5NS/c8-6(9,7(10,11)12)5-1-4(2-13)3-14-5/h1,3H,2,13H2. The Kier molecular flexibility index (Phi) is 2.82. The molecule has 0 aliphatic carbocycles. The topological polar surface area (TPSA) is 26.0 Å². The summed E-state index contributed by atoms with van der Waals surface area (Å²) < 4.78 is 60.9. The van der Waals surface area contributed by atoms with E-state index >= 15 is 0 Å².